The number of thiocarbonyl (C=S) groups is 1. The zero-order valence-corrected chi connectivity index (χ0v) is 21.3. The Hall–Kier alpha value is -0.840. The van der Waals surface area contributed by atoms with Crippen molar-refractivity contribution in [2.24, 2.45) is 4.99 Å². The smallest absolute Gasteiger partial charge is 0.187 e. The second kappa shape index (κ2) is 14.9. The molecule has 0 amide bonds. The van der Waals surface area contributed by atoms with Crippen molar-refractivity contribution >= 4 is 17.4 Å². The van der Waals surface area contributed by atoms with Crippen LogP contribution in [0.4, 0.5) is 0 Å². The van der Waals surface area contributed by atoms with Crippen LogP contribution in [0.3, 0.4) is 0 Å². The minimum atomic E-state index is -1.84. The van der Waals surface area contributed by atoms with Gasteiger partial charge < -0.3 is 79.5 Å². The normalized spacial score (nSPS) is 47.0. The van der Waals surface area contributed by atoms with Crippen molar-refractivity contribution in [2.45, 2.75) is 92.1 Å². The monoisotopic (exact) mass is 589 g/mol. The van der Waals surface area contributed by atoms with Crippen LogP contribution < -0.4 is 0 Å². The molecule has 18 heteroatoms. The first-order chi connectivity index (χ1) is 18.5. The Kier molecular flexibility index (Phi) is 12.5. The van der Waals surface area contributed by atoms with Gasteiger partial charge in [-0.05, 0) is 12.2 Å². The topological polar surface area (TPSA) is 270 Å². The maximum atomic E-state index is 11.0. The summed E-state index contributed by atoms with van der Waals surface area (Å²) in [6, 6.07) is 0. The molecule has 15 atom stereocenters. The van der Waals surface area contributed by atoms with Gasteiger partial charge in [-0.25, -0.2) is 4.99 Å². The molecule has 3 rings (SSSR count). The fourth-order valence-corrected chi connectivity index (χ4v) is 4.42. The van der Waals surface area contributed by atoms with Gasteiger partial charge in [0.25, 0.3) is 0 Å². The molecule has 3 heterocycles. The first-order valence-electron chi connectivity index (χ1n) is 12.1. The molecule has 226 valence electrons. The van der Waals surface area contributed by atoms with Crippen LogP contribution in [0.2, 0.25) is 0 Å². The predicted molar refractivity (Wildman–Crippen MR) is 125 cm³/mol. The van der Waals surface area contributed by atoms with Gasteiger partial charge in [-0.1, -0.05) is 0 Å². The van der Waals surface area contributed by atoms with Crippen molar-refractivity contribution in [3.8, 4) is 0 Å². The lowest BCUT2D eigenvalue weighted by Gasteiger charge is -2.46. The summed E-state index contributed by atoms with van der Waals surface area (Å²) in [5.74, 6) is 0. The number of nitrogens with zero attached hydrogens (tertiary/aromatic N) is 1. The summed E-state index contributed by atoms with van der Waals surface area (Å²) in [5.41, 5.74) is 0. The van der Waals surface area contributed by atoms with E-state index in [9.17, 15) is 51.1 Å². The second-order valence-electron chi connectivity index (χ2n) is 9.20. The molecule has 3 saturated heterocycles. The van der Waals surface area contributed by atoms with Gasteiger partial charge in [-0.2, -0.15) is 0 Å². The molecule has 0 unspecified atom stereocenters. The molecule has 3 aliphatic rings. The first-order valence-corrected chi connectivity index (χ1v) is 12.5. The van der Waals surface area contributed by atoms with Crippen molar-refractivity contribution in [3.05, 3.63) is 0 Å². The van der Waals surface area contributed by atoms with E-state index in [0.717, 1.165) is 0 Å². The molecule has 0 aromatic heterocycles. The highest BCUT2D eigenvalue weighted by Gasteiger charge is 2.52. The van der Waals surface area contributed by atoms with Gasteiger partial charge in [0, 0.05) is 0 Å². The summed E-state index contributed by atoms with van der Waals surface area (Å²) in [6.07, 6.45) is -24.2. The zero-order valence-electron chi connectivity index (χ0n) is 20.5. The number of hydrogen-bond donors (Lipinski definition) is 10. The highest BCUT2D eigenvalue weighted by Crippen LogP contribution is 2.30. The van der Waals surface area contributed by atoms with Crippen molar-refractivity contribution in [3.63, 3.8) is 0 Å². The van der Waals surface area contributed by atoms with E-state index in [-0.39, 0.29) is 13.2 Å². The third-order valence-corrected chi connectivity index (χ3v) is 6.73. The highest BCUT2D eigenvalue weighted by molar-refractivity contribution is 7.78. The molecule has 0 bridgehead atoms. The van der Waals surface area contributed by atoms with Gasteiger partial charge >= 0.3 is 0 Å². The highest BCUT2D eigenvalue weighted by atomic mass is 32.1. The van der Waals surface area contributed by atoms with Crippen LogP contribution >= 0.6 is 12.2 Å². The quantitative estimate of drug-likeness (QED) is 0.0609. The summed E-state index contributed by atoms with van der Waals surface area (Å²) in [6.45, 7) is -2.08. The molecule has 0 aromatic rings. The molecule has 39 heavy (non-hydrogen) atoms. The summed E-state index contributed by atoms with van der Waals surface area (Å²) in [4.78, 5) is 3.67. The van der Waals surface area contributed by atoms with Crippen molar-refractivity contribution < 1.29 is 79.5 Å². The summed E-state index contributed by atoms with van der Waals surface area (Å²) < 4.78 is 32.6. The minimum Gasteiger partial charge on any atom is -0.394 e. The standard InChI is InChI=1S/C21H35NO16S/c23-3-7-10(25)13(28)15(30)19(35-7)34-5-9-12(27)18(17(32)20(37-9)33-2-1-22-6-39)38-21-16(31)14(29)11(26)8(4-24)36-21/h7-21,23-32H,1-5H2/t7-,8-,9-,10-,11-,12-,13+,14+,15+,16+,17+,18+,19+,20+,21-/m1/s1. The van der Waals surface area contributed by atoms with E-state index in [1.165, 1.54) is 0 Å². The molecule has 3 aliphatic heterocycles. The molecule has 0 saturated carbocycles. The second-order valence-corrected chi connectivity index (χ2v) is 9.38. The van der Waals surface area contributed by atoms with Crippen LogP contribution in [0.15, 0.2) is 4.99 Å². The van der Waals surface area contributed by atoms with Gasteiger partial charge in [-0.15, -0.1) is 0 Å². The van der Waals surface area contributed by atoms with E-state index >= 15 is 0 Å². The Morgan fingerprint density at radius 1 is 0.615 bits per heavy atom. The molecule has 0 aliphatic carbocycles. The van der Waals surface area contributed by atoms with Gasteiger partial charge in [0.1, 0.15) is 73.2 Å². The summed E-state index contributed by atoms with van der Waals surface area (Å²) >= 11 is 4.48. The van der Waals surface area contributed by atoms with Gasteiger partial charge in [-0.3, -0.25) is 0 Å². The summed E-state index contributed by atoms with van der Waals surface area (Å²) in [7, 11) is 0. The van der Waals surface area contributed by atoms with Crippen LogP contribution in [0, 0.1) is 0 Å². The number of hydrogen-bond acceptors (Lipinski definition) is 18. The van der Waals surface area contributed by atoms with Crippen molar-refractivity contribution in [1.29, 1.82) is 0 Å². The van der Waals surface area contributed by atoms with Crippen molar-refractivity contribution in [2.75, 3.05) is 33.0 Å². The Morgan fingerprint density at radius 2 is 1.13 bits per heavy atom. The van der Waals surface area contributed by atoms with Gasteiger partial charge in [0.2, 0.25) is 0 Å². The third kappa shape index (κ3) is 7.52. The molecule has 0 radical (unpaired) electrons. The number of aliphatic hydroxyl groups excluding tert-OH is 10. The molecular weight excluding hydrogens is 554 g/mol. The average Bonchev–Trinajstić information content (AvgIpc) is 2.93. The van der Waals surface area contributed by atoms with E-state index in [0.29, 0.717) is 0 Å². The van der Waals surface area contributed by atoms with E-state index in [4.69, 9.17) is 28.4 Å². The van der Waals surface area contributed by atoms with Crippen LogP contribution in [-0.4, -0.2) is 181 Å². The van der Waals surface area contributed by atoms with Crippen molar-refractivity contribution in [1.82, 2.24) is 0 Å². The number of ether oxygens (including phenoxy) is 6. The van der Waals surface area contributed by atoms with Crippen LogP contribution in [0.25, 0.3) is 0 Å². The van der Waals surface area contributed by atoms with Gasteiger partial charge in [0.15, 0.2) is 18.9 Å². The maximum absolute atomic E-state index is 11.0. The molecule has 17 nitrogen and oxygen atoms in total. The zero-order chi connectivity index (χ0) is 28.9. The molecular formula is C21H35NO16S. The number of rotatable bonds is 11. The SMILES string of the molecule is OC[C@H]1O[C@H](OC[C@H]2O[C@H](OCCN=C=S)[C@@H](O)[C@@H](O[C@H]3O[C@H](CO)[C@@H](O)[C@H](O)[C@@H]3O)[C@@H]2O)[C@@H](O)[C@@H](O)[C@@H]1O. The van der Waals surface area contributed by atoms with Gasteiger partial charge in [0.05, 0.1) is 38.1 Å². The lowest BCUT2D eigenvalue weighted by molar-refractivity contribution is -0.365. The van der Waals surface area contributed by atoms with Crippen LogP contribution in [0.5, 0.6) is 0 Å². The van der Waals surface area contributed by atoms with E-state index in [1.807, 2.05) is 0 Å². The van der Waals surface area contributed by atoms with E-state index in [2.05, 4.69) is 22.4 Å². The Labute approximate surface area is 227 Å². The fourth-order valence-electron chi connectivity index (χ4n) is 4.33. The number of aliphatic hydroxyl groups is 10. The molecule has 10 N–H and O–H groups in total. The Balaban J connectivity index is 1.74. The molecule has 0 aromatic carbocycles. The Bertz CT molecular complexity index is 804. The minimum absolute atomic E-state index is 0.0445. The molecule has 0 spiro atoms. The molecule has 3 fully saturated rings. The maximum Gasteiger partial charge on any atom is 0.187 e. The number of isothiocyanates is 1. The van der Waals surface area contributed by atoms with Crippen LogP contribution in [0.1, 0.15) is 0 Å². The fraction of sp³-hybridized carbons (Fsp3) is 0.952. The van der Waals surface area contributed by atoms with E-state index in [1.54, 1.807) is 0 Å². The van der Waals surface area contributed by atoms with Crippen LogP contribution in [-0.2, 0) is 28.4 Å². The summed E-state index contributed by atoms with van der Waals surface area (Å²) in [5, 5.41) is 103. The van der Waals surface area contributed by atoms with E-state index < -0.39 is 112 Å². The lowest BCUT2D eigenvalue weighted by atomic mass is 9.96. The third-order valence-electron chi connectivity index (χ3n) is 6.60. The Morgan fingerprint density at radius 3 is 1.69 bits per heavy atom. The number of aliphatic imine (C=N–C) groups is 1. The largest absolute Gasteiger partial charge is 0.394 e. The lowest BCUT2D eigenvalue weighted by Crippen LogP contribution is -2.65. The average molecular weight is 590 g/mol. The predicted octanol–water partition coefficient (Wildman–Crippen LogP) is -6.45. The first kappa shape index (κ1) is 32.7.